The van der Waals surface area contributed by atoms with Gasteiger partial charge >= 0.3 is 5.97 Å². The highest BCUT2D eigenvalue weighted by Crippen LogP contribution is 2.21. The summed E-state index contributed by atoms with van der Waals surface area (Å²) in [6.07, 6.45) is 1.43. The van der Waals surface area contributed by atoms with E-state index < -0.39 is 16.0 Å². The van der Waals surface area contributed by atoms with Crippen LogP contribution in [0.2, 0.25) is 0 Å². The fraction of sp³-hybridized carbons (Fsp3) is 0.562. The van der Waals surface area contributed by atoms with Gasteiger partial charge in [0.1, 0.15) is 0 Å². The second-order valence-electron chi connectivity index (χ2n) is 5.87. The van der Waals surface area contributed by atoms with Crippen molar-refractivity contribution in [2.24, 2.45) is 5.92 Å². The van der Waals surface area contributed by atoms with Gasteiger partial charge in [0.05, 0.1) is 10.5 Å². The Morgan fingerprint density at radius 2 is 2.00 bits per heavy atom. The van der Waals surface area contributed by atoms with Crippen LogP contribution in [0.3, 0.4) is 0 Å². The van der Waals surface area contributed by atoms with Gasteiger partial charge in [0.2, 0.25) is 10.0 Å². The van der Waals surface area contributed by atoms with Gasteiger partial charge < -0.3 is 15.2 Å². The predicted molar refractivity (Wildman–Crippen MR) is 93.0 cm³/mol. The third kappa shape index (κ3) is 6.46. The fourth-order valence-corrected chi connectivity index (χ4v) is 3.12. The number of benzene rings is 1. The normalized spacial score (nSPS) is 11.7. The number of hydrogen-bond acceptors (Lipinski definition) is 5. The molecule has 0 atom stereocenters. The molecule has 0 aliphatic carbocycles. The molecule has 0 saturated heterocycles. The molecule has 24 heavy (non-hydrogen) atoms. The van der Waals surface area contributed by atoms with Crippen molar-refractivity contribution in [1.82, 2.24) is 4.72 Å². The monoisotopic (exact) mass is 358 g/mol. The molecular formula is C16H26N2O5S. The minimum Gasteiger partial charge on any atom is -0.478 e. The molecule has 0 heterocycles. The Balaban J connectivity index is 2.90. The van der Waals surface area contributed by atoms with Gasteiger partial charge in [-0.25, -0.2) is 17.9 Å². The van der Waals surface area contributed by atoms with Crippen molar-refractivity contribution in [3.63, 3.8) is 0 Å². The summed E-state index contributed by atoms with van der Waals surface area (Å²) < 4.78 is 31.7. The van der Waals surface area contributed by atoms with Gasteiger partial charge in [0, 0.05) is 32.5 Å². The molecule has 0 spiro atoms. The first-order chi connectivity index (χ1) is 11.3. The van der Waals surface area contributed by atoms with E-state index in [1.165, 1.54) is 18.2 Å². The summed E-state index contributed by atoms with van der Waals surface area (Å²) in [7, 11) is -2.20. The van der Waals surface area contributed by atoms with Crippen molar-refractivity contribution < 1.29 is 23.1 Å². The number of carboxylic acid groups (broad SMARTS) is 1. The van der Waals surface area contributed by atoms with Crippen molar-refractivity contribution >= 4 is 21.7 Å². The van der Waals surface area contributed by atoms with E-state index in [4.69, 9.17) is 4.74 Å². The van der Waals surface area contributed by atoms with Crippen LogP contribution in [0.1, 0.15) is 37.0 Å². The van der Waals surface area contributed by atoms with Crippen LogP contribution in [0.25, 0.3) is 0 Å². The third-order valence-electron chi connectivity index (χ3n) is 3.39. The smallest absolute Gasteiger partial charge is 0.337 e. The Labute approximate surface area is 143 Å². The highest BCUT2D eigenvalue weighted by molar-refractivity contribution is 7.89. The van der Waals surface area contributed by atoms with Gasteiger partial charge in [0.15, 0.2) is 0 Å². The average Bonchev–Trinajstić information content (AvgIpc) is 2.51. The van der Waals surface area contributed by atoms with Gasteiger partial charge in [-0.1, -0.05) is 13.8 Å². The Morgan fingerprint density at radius 1 is 1.29 bits per heavy atom. The average molecular weight is 358 g/mol. The van der Waals surface area contributed by atoms with Gasteiger partial charge in [0.25, 0.3) is 0 Å². The maximum Gasteiger partial charge on any atom is 0.337 e. The summed E-state index contributed by atoms with van der Waals surface area (Å²) >= 11 is 0. The molecule has 1 rings (SSSR count). The van der Waals surface area contributed by atoms with E-state index in [-0.39, 0.29) is 17.0 Å². The van der Waals surface area contributed by atoms with E-state index in [9.17, 15) is 18.3 Å². The molecule has 7 nitrogen and oxygen atoms in total. The Kier molecular flexibility index (Phi) is 8.17. The lowest BCUT2D eigenvalue weighted by Gasteiger charge is -2.13. The largest absolute Gasteiger partial charge is 0.478 e. The molecule has 3 N–H and O–H groups in total. The number of ether oxygens (including phenoxy) is 1. The van der Waals surface area contributed by atoms with Crippen molar-refractivity contribution in [1.29, 1.82) is 0 Å². The van der Waals surface area contributed by atoms with Crippen LogP contribution >= 0.6 is 0 Å². The predicted octanol–water partition coefficient (Wildman–Crippen LogP) is 2.16. The summed E-state index contributed by atoms with van der Waals surface area (Å²) in [4.78, 5) is 11.4. The number of rotatable bonds is 11. The van der Waals surface area contributed by atoms with E-state index >= 15 is 0 Å². The van der Waals surface area contributed by atoms with Crippen LogP contribution in [0.15, 0.2) is 23.1 Å². The first-order valence-corrected chi connectivity index (χ1v) is 9.36. The number of carboxylic acids is 1. The molecule has 1 aromatic carbocycles. The molecule has 8 heteroatoms. The van der Waals surface area contributed by atoms with Crippen LogP contribution in [0, 0.1) is 5.92 Å². The maximum absolute atomic E-state index is 12.2. The molecule has 0 aromatic heterocycles. The zero-order valence-corrected chi connectivity index (χ0v) is 15.1. The third-order valence-corrected chi connectivity index (χ3v) is 4.84. The highest BCUT2D eigenvalue weighted by atomic mass is 32.2. The van der Waals surface area contributed by atoms with Gasteiger partial charge in [-0.3, -0.25) is 0 Å². The Hall–Kier alpha value is -1.64. The van der Waals surface area contributed by atoms with Crippen LogP contribution in [-0.4, -0.2) is 46.3 Å². The molecule has 0 bridgehead atoms. The first-order valence-electron chi connectivity index (χ1n) is 7.87. The van der Waals surface area contributed by atoms with Crippen LogP contribution < -0.4 is 10.0 Å². The van der Waals surface area contributed by atoms with Crippen molar-refractivity contribution in [3.8, 4) is 0 Å². The molecule has 0 fully saturated rings. The molecule has 0 unspecified atom stereocenters. The minimum atomic E-state index is -3.74. The summed E-state index contributed by atoms with van der Waals surface area (Å²) in [5, 5.41) is 12.4. The summed E-state index contributed by atoms with van der Waals surface area (Å²) in [5.74, 6) is -0.680. The van der Waals surface area contributed by atoms with E-state index in [0.717, 1.165) is 6.42 Å². The van der Waals surface area contributed by atoms with Crippen molar-refractivity contribution in [3.05, 3.63) is 23.8 Å². The molecule has 0 saturated carbocycles. The number of methoxy groups -OCH3 is 1. The Morgan fingerprint density at radius 3 is 2.58 bits per heavy atom. The Bertz CT molecular complexity index is 644. The van der Waals surface area contributed by atoms with E-state index in [0.29, 0.717) is 31.2 Å². The van der Waals surface area contributed by atoms with Crippen LogP contribution in [-0.2, 0) is 14.8 Å². The van der Waals surface area contributed by atoms with Gasteiger partial charge in [-0.2, -0.15) is 0 Å². The van der Waals surface area contributed by atoms with Crippen molar-refractivity contribution in [2.45, 2.75) is 31.6 Å². The maximum atomic E-state index is 12.2. The van der Waals surface area contributed by atoms with E-state index in [1.807, 2.05) is 0 Å². The van der Waals surface area contributed by atoms with Gasteiger partial charge in [-0.05, 0) is 37.0 Å². The van der Waals surface area contributed by atoms with E-state index in [1.54, 1.807) is 7.11 Å². The quantitative estimate of drug-likeness (QED) is 0.524. The minimum absolute atomic E-state index is 0.0569. The van der Waals surface area contributed by atoms with Crippen molar-refractivity contribution in [2.75, 3.05) is 32.1 Å². The molecule has 0 aliphatic heterocycles. The number of hydrogen-bond donors (Lipinski definition) is 3. The van der Waals surface area contributed by atoms with Crippen LogP contribution in [0.4, 0.5) is 5.69 Å². The molecular weight excluding hydrogens is 332 g/mol. The highest BCUT2D eigenvalue weighted by Gasteiger charge is 2.18. The molecule has 136 valence electrons. The summed E-state index contributed by atoms with van der Waals surface area (Å²) in [6.45, 7) is 5.45. The molecule has 0 radical (unpaired) electrons. The zero-order valence-electron chi connectivity index (χ0n) is 14.3. The lowest BCUT2D eigenvalue weighted by molar-refractivity contribution is 0.0697. The lowest BCUT2D eigenvalue weighted by Crippen LogP contribution is -2.26. The van der Waals surface area contributed by atoms with Crippen LogP contribution in [0.5, 0.6) is 0 Å². The second kappa shape index (κ2) is 9.61. The fourth-order valence-electron chi connectivity index (χ4n) is 2.02. The number of sulfonamides is 1. The lowest BCUT2D eigenvalue weighted by atomic mass is 10.1. The van der Waals surface area contributed by atoms with Gasteiger partial charge in [-0.15, -0.1) is 0 Å². The second-order valence-corrected chi connectivity index (χ2v) is 7.63. The molecule has 0 aliphatic rings. The molecule has 0 amide bonds. The number of nitrogens with one attached hydrogen (secondary N) is 2. The SMILES string of the molecule is COCCCNS(=O)(=O)c1ccc(NCCC(C)C)c(C(=O)O)c1. The number of aromatic carboxylic acids is 1. The topological polar surface area (TPSA) is 105 Å². The standard InChI is InChI=1S/C16H26N2O5S/c1-12(2)7-9-17-15-6-5-13(11-14(15)16(19)20)24(21,22)18-8-4-10-23-3/h5-6,11-12,17-18H,4,7-10H2,1-3H3,(H,19,20). The summed E-state index contributed by atoms with van der Waals surface area (Å²) in [5.41, 5.74) is 0.361. The number of carbonyl (C=O) groups is 1. The first kappa shape index (κ1) is 20.4. The molecule has 1 aromatic rings. The zero-order chi connectivity index (χ0) is 18.2. The number of anilines is 1. The van der Waals surface area contributed by atoms with E-state index in [2.05, 4.69) is 23.9 Å². The summed E-state index contributed by atoms with van der Waals surface area (Å²) in [6, 6.07) is 4.08.